The van der Waals surface area contributed by atoms with Gasteiger partial charge < -0.3 is 14.8 Å². The zero-order valence-electron chi connectivity index (χ0n) is 12.9. The van der Waals surface area contributed by atoms with Crippen molar-refractivity contribution < 1.29 is 9.47 Å². The van der Waals surface area contributed by atoms with Crippen molar-refractivity contribution in [2.45, 2.75) is 52.1 Å². The minimum absolute atomic E-state index is 0.384. The summed E-state index contributed by atoms with van der Waals surface area (Å²) in [5.74, 6) is 1.47. The third-order valence-electron chi connectivity index (χ3n) is 4.67. The molecule has 1 aromatic carbocycles. The summed E-state index contributed by atoms with van der Waals surface area (Å²) >= 11 is 6.34. The van der Waals surface area contributed by atoms with Crippen LogP contribution < -0.4 is 14.8 Å². The van der Waals surface area contributed by atoms with Crippen LogP contribution in [0.5, 0.6) is 11.5 Å². The van der Waals surface area contributed by atoms with Gasteiger partial charge in [0.05, 0.1) is 18.2 Å². The first-order valence-corrected chi connectivity index (χ1v) is 8.25. The van der Waals surface area contributed by atoms with Gasteiger partial charge in [0, 0.05) is 19.0 Å². The highest BCUT2D eigenvalue weighted by Gasteiger charge is 2.33. The fraction of sp³-hybridized carbons (Fsp3) is 0.647. The second kappa shape index (κ2) is 6.05. The van der Waals surface area contributed by atoms with E-state index in [9.17, 15) is 0 Å². The van der Waals surface area contributed by atoms with Crippen LogP contribution in [-0.4, -0.2) is 19.3 Å². The van der Waals surface area contributed by atoms with Crippen molar-refractivity contribution in [1.29, 1.82) is 0 Å². The van der Waals surface area contributed by atoms with E-state index in [1.807, 2.05) is 6.07 Å². The van der Waals surface area contributed by atoms with Gasteiger partial charge in [0.15, 0.2) is 11.5 Å². The molecule has 0 radical (unpaired) electrons. The molecule has 2 aliphatic rings. The normalized spacial score (nSPS) is 23.9. The quantitative estimate of drug-likeness (QED) is 0.909. The molecular formula is C17H24ClNO2. The highest BCUT2D eigenvalue weighted by Crippen LogP contribution is 2.39. The van der Waals surface area contributed by atoms with Crippen LogP contribution in [0.25, 0.3) is 0 Å². The molecule has 1 heterocycles. The smallest absolute Gasteiger partial charge is 0.179 e. The first kappa shape index (κ1) is 15.0. The predicted molar refractivity (Wildman–Crippen MR) is 85.3 cm³/mol. The monoisotopic (exact) mass is 309 g/mol. The third-order valence-corrected chi connectivity index (χ3v) is 4.95. The van der Waals surface area contributed by atoms with E-state index in [-0.39, 0.29) is 0 Å². The molecule has 1 saturated carbocycles. The van der Waals surface area contributed by atoms with Gasteiger partial charge in [-0.3, -0.25) is 0 Å². The molecule has 0 bridgehead atoms. The number of fused-ring (bicyclic) bond motifs is 1. The van der Waals surface area contributed by atoms with Crippen LogP contribution >= 0.6 is 11.6 Å². The zero-order chi connectivity index (χ0) is 14.9. The minimum atomic E-state index is 0.384. The van der Waals surface area contributed by atoms with E-state index < -0.39 is 0 Å². The van der Waals surface area contributed by atoms with Crippen LogP contribution in [0, 0.1) is 5.41 Å². The average molecular weight is 310 g/mol. The molecule has 1 aliphatic heterocycles. The van der Waals surface area contributed by atoms with E-state index in [1.165, 1.54) is 19.3 Å². The lowest BCUT2D eigenvalue weighted by molar-refractivity contribution is 0.282. The Balaban J connectivity index is 1.71. The van der Waals surface area contributed by atoms with Crippen molar-refractivity contribution in [2.75, 3.05) is 13.2 Å². The summed E-state index contributed by atoms with van der Waals surface area (Å²) in [4.78, 5) is 0. The third kappa shape index (κ3) is 3.29. The Morgan fingerprint density at radius 2 is 2.05 bits per heavy atom. The van der Waals surface area contributed by atoms with Gasteiger partial charge in [-0.05, 0) is 36.0 Å². The summed E-state index contributed by atoms with van der Waals surface area (Å²) in [7, 11) is 0. The van der Waals surface area contributed by atoms with E-state index >= 15 is 0 Å². The van der Waals surface area contributed by atoms with Gasteiger partial charge in [-0.15, -0.1) is 0 Å². The fourth-order valence-electron chi connectivity index (χ4n) is 3.33. The Kier molecular flexibility index (Phi) is 4.32. The summed E-state index contributed by atoms with van der Waals surface area (Å²) in [6.07, 6.45) is 4.76. The van der Waals surface area contributed by atoms with Crippen molar-refractivity contribution >= 4 is 11.6 Å². The Morgan fingerprint density at radius 3 is 2.81 bits per heavy atom. The molecule has 1 aliphatic carbocycles. The maximum absolute atomic E-state index is 6.34. The summed E-state index contributed by atoms with van der Waals surface area (Å²) in [5.41, 5.74) is 1.54. The van der Waals surface area contributed by atoms with E-state index in [0.29, 0.717) is 35.4 Å². The van der Waals surface area contributed by atoms with E-state index in [2.05, 4.69) is 25.2 Å². The second-order valence-corrected chi connectivity index (χ2v) is 7.18. The van der Waals surface area contributed by atoms with Gasteiger partial charge >= 0.3 is 0 Å². The molecular weight excluding hydrogens is 286 g/mol. The van der Waals surface area contributed by atoms with Gasteiger partial charge in [-0.2, -0.15) is 0 Å². The van der Waals surface area contributed by atoms with Crippen molar-refractivity contribution in [2.24, 2.45) is 5.41 Å². The summed E-state index contributed by atoms with van der Waals surface area (Å²) in [6.45, 7) is 6.87. The van der Waals surface area contributed by atoms with Gasteiger partial charge in [0.2, 0.25) is 0 Å². The van der Waals surface area contributed by atoms with E-state index in [0.717, 1.165) is 24.3 Å². The van der Waals surface area contributed by atoms with Crippen molar-refractivity contribution in [3.63, 3.8) is 0 Å². The van der Waals surface area contributed by atoms with Gasteiger partial charge in [0.1, 0.15) is 0 Å². The lowest BCUT2D eigenvalue weighted by Gasteiger charge is -2.28. The molecule has 4 heteroatoms. The van der Waals surface area contributed by atoms with Crippen LogP contribution in [0.2, 0.25) is 5.02 Å². The van der Waals surface area contributed by atoms with E-state index in [4.69, 9.17) is 21.1 Å². The lowest BCUT2D eigenvalue weighted by atomic mass is 9.87. The number of halogens is 1. The lowest BCUT2D eigenvalue weighted by Crippen LogP contribution is -2.37. The number of hydrogen-bond acceptors (Lipinski definition) is 3. The van der Waals surface area contributed by atoms with Crippen molar-refractivity contribution in [3.8, 4) is 11.5 Å². The molecule has 0 saturated heterocycles. The molecule has 1 fully saturated rings. The number of benzene rings is 1. The predicted octanol–water partition coefficient (Wildman–Crippen LogP) is 4.17. The molecule has 21 heavy (non-hydrogen) atoms. The molecule has 1 atom stereocenters. The molecule has 0 aromatic heterocycles. The van der Waals surface area contributed by atoms with Gasteiger partial charge in [0.25, 0.3) is 0 Å². The Morgan fingerprint density at radius 1 is 1.24 bits per heavy atom. The second-order valence-electron chi connectivity index (χ2n) is 6.77. The number of hydrogen-bond donors (Lipinski definition) is 1. The minimum Gasteiger partial charge on any atom is -0.489 e. The molecule has 1 unspecified atom stereocenters. The first-order chi connectivity index (χ1) is 10.1. The Labute approximate surface area is 132 Å². The zero-order valence-corrected chi connectivity index (χ0v) is 13.6. The molecule has 1 aromatic rings. The van der Waals surface area contributed by atoms with Crippen LogP contribution in [0.3, 0.4) is 0 Å². The molecule has 0 spiro atoms. The maximum atomic E-state index is 6.34. The number of nitrogens with one attached hydrogen (secondary N) is 1. The largest absolute Gasteiger partial charge is 0.489 e. The highest BCUT2D eigenvalue weighted by molar-refractivity contribution is 6.32. The molecule has 3 nitrogen and oxygen atoms in total. The maximum Gasteiger partial charge on any atom is 0.179 e. The Bertz CT molecular complexity index is 516. The van der Waals surface area contributed by atoms with Crippen LogP contribution in [0.1, 0.15) is 45.1 Å². The average Bonchev–Trinajstić information content (AvgIpc) is 2.63. The SMILES string of the molecule is CC1(C)CCCC1NCc1cc(Cl)c2c(c1)OCCCO2. The van der Waals surface area contributed by atoms with Crippen LogP contribution in [0.15, 0.2) is 12.1 Å². The van der Waals surface area contributed by atoms with Gasteiger partial charge in [-0.1, -0.05) is 31.9 Å². The summed E-state index contributed by atoms with van der Waals surface area (Å²) < 4.78 is 11.4. The van der Waals surface area contributed by atoms with Crippen LogP contribution in [0.4, 0.5) is 0 Å². The molecule has 0 amide bonds. The van der Waals surface area contributed by atoms with E-state index in [1.54, 1.807) is 0 Å². The summed E-state index contributed by atoms with van der Waals surface area (Å²) in [6, 6.07) is 4.62. The fourth-order valence-corrected chi connectivity index (χ4v) is 3.62. The molecule has 1 N–H and O–H groups in total. The first-order valence-electron chi connectivity index (χ1n) is 7.88. The van der Waals surface area contributed by atoms with Gasteiger partial charge in [-0.25, -0.2) is 0 Å². The van der Waals surface area contributed by atoms with Crippen molar-refractivity contribution in [3.05, 3.63) is 22.7 Å². The molecule has 116 valence electrons. The topological polar surface area (TPSA) is 30.5 Å². The molecule has 3 rings (SSSR count). The standard InChI is InChI=1S/C17H24ClNO2/c1-17(2)6-3-5-15(17)19-11-12-9-13(18)16-14(10-12)20-7-4-8-21-16/h9-10,15,19H,3-8,11H2,1-2H3. The van der Waals surface area contributed by atoms with Crippen molar-refractivity contribution in [1.82, 2.24) is 5.32 Å². The number of ether oxygens (including phenoxy) is 2. The number of rotatable bonds is 3. The Hall–Kier alpha value is -0.930. The van der Waals surface area contributed by atoms with Crippen LogP contribution in [-0.2, 0) is 6.54 Å². The summed E-state index contributed by atoms with van der Waals surface area (Å²) in [5, 5.41) is 4.33. The highest BCUT2D eigenvalue weighted by atomic mass is 35.5.